The summed E-state index contributed by atoms with van der Waals surface area (Å²) in [4.78, 5) is 39.4. The molecule has 0 aliphatic carbocycles. The molecular formula is C33H28F3N3O5S. The molecule has 0 radical (unpaired) electrons. The average Bonchev–Trinajstić information content (AvgIpc) is 3.04. The number of amides is 3. The first-order valence-electron chi connectivity index (χ1n) is 13.4. The fourth-order valence-electron chi connectivity index (χ4n) is 4.00. The van der Waals surface area contributed by atoms with Gasteiger partial charge in [-0.3, -0.25) is 14.4 Å². The number of hydrogen-bond donors (Lipinski definition) is 3. The number of carbonyl (C=O) groups is 3. The monoisotopic (exact) mass is 635 g/mol. The van der Waals surface area contributed by atoms with Crippen molar-refractivity contribution in [3.63, 3.8) is 0 Å². The van der Waals surface area contributed by atoms with Crippen molar-refractivity contribution in [1.29, 1.82) is 0 Å². The van der Waals surface area contributed by atoms with Crippen LogP contribution >= 0.6 is 11.8 Å². The predicted octanol–water partition coefficient (Wildman–Crippen LogP) is 6.86. The summed E-state index contributed by atoms with van der Waals surface area (Å²) in [7, 11) is 2.99. The molecule has 0 fully saturated rings. The van der Waals surface area contributed by atoms with Gasteiger partial charge < -0.3 is 25.4 Å². The van der Waals surface area contributed by atoms with Gasteiger partial charge in [0, 0.05) is 27.4 Å². The number of rotatable bonds is 11. The Bertz CT molecular complexity index is 1690. The van der Waals surface area contributed by atoms with Crippen LogP contribution in [-0.2, 0) is 15.8 Å². The van der Waals surface area contributed by atoms with Gasteiger partial charge in [-0.2, -0.15) is 13.2 Å². The van der Waals surface area contributed by atoms with Gasteiger partial charge in [0.2, 0.25) is 5.91 Å². The number of nitrogens with one attached hydrogen (secondary N) is 3. The van der Waals surface area contributed by atoms with Gasteiger partial charge in [0.15, 0.2) is 0 Å². The minimum Gasteiger partial charge on any atom is -0.497 e. The lowest BCUT2D eigenvalue weighted by Gasteiger charge is -2.13. The number of hydrogen-bond acceptors (Lipinski definition) is 6. The highest BCUT2D eigenvalue weighted by Crippen LogP contribution is 2.31. The summed E-state index contributed by atoms with van der Waals surface area (Å²) < 4.78 is 49.5. The van der Waals surface area contributed by atoms with E-state index < -0.39 is 29.5 Å². The van der Waals surface area contributed by atoms with E-state index in [-0.39, 0.29) is 17.1 Å². The third kappa shape index (κ3) is 9.38. The van der Waals surface area contributed by atoms with Crippen LogP contribution in [-0.4, -0.2) is 37.7 Å². The molecule has 12 heteroatoms. The van der Waals surface area contributed by atoms with E-state index in [1.807, 2.05) is 0 Å². The van der Waals surface area contributed by atoms with Gasteiger partial charge in [-0.15, -0.1) is 11.8 Å². The topological polar surface area (TPSA) is 106 Å². The summed E-state index contributed by atoms with van der Waals surface area (Å²) in [5, 5.41) is 7.88. The van der Waals surface area contributed by atoms with E-state index in [1.165, 1.54) is 44.2 Å². The Kier molecular flexibility index (Phi) is 10.9. The first-order valence-corrected chi connectivity index (χ1v) is 14.4. The van der Waals surface area contributed by atoms with E-state index in [4.69, 9.17) is 9.47 Å². The van der Waals surface area contributed by atoms with E-state index in [0.717, 1.165) is 12.1 Å². The fourth-order valence-corrected chi connectivity index (χ4v) is 4.70. The van der Waals surface area contributed by atoms with Crippen LogP contribution in [0.25, 0.3) is 6.08 Å². The molecule has 0 unspecified atom stereocenters. The molecule has 0 heterocycles. The Hall–Kier alpha value is -5.23. The first-order chi connectivity index (χ1) is 21.5. The van der Waals surface area contributed by atoms with Crippen molar-refractivity contribution in [3.05, 3.63) is 119 Å². The lowest BCUT2D eigenvalue weighted by molar-refractivity contribution is -0.137. The lowest BCUT2D eigenvalue weighted by atomic mass is 10.1. The molecule has 0 aromatic heterocycles. The summed E-state index contributed by atoms with van der Waals surface area (Å²) in [6, 6.07) is 24.4. The number of benzene rings is 4. The second-order valence-corrected chi connectivity index (χ2v) is 10.4. The van der Waals surface area contributed by atoms with Crippen LogP contribution in [0.2, 0.25) is 0 Å². The second kappa shape index (κ2) is 15.0. The minimum absolute atomic E-state index is 0.0447. The molecule has 4 rings (SSSR count). The van der Waals surface area contributed by atoms with Crippen molar-refractivity contribution < 1.29 is 37.0 Å². The van der Waals surface area contributed by atoms with Crippen molar-refractivity contribution in [2.75, 3.05) is 30.6 Å². The third-order valence-electron chi connectivity index (χ3n) is 6.22. The Balaban J connectivity index is 1.44. The van der Waals surface area contributed by atoms with Crippen molar-refractivity contribution in [1.82, 2.24) is 5.32 Å². The Morgan fingerprint density at radius 1 is 0.800 bits per heavy atom. The highest BCUT2D eigenvalue weighted by Gasteiger charge is 2.30. The molecule has 8 nitrogen and oxygen atoms in total. The van der Waals surface area contributed by atoms with Gasteiger partial charge in [0.25, 0.3) is 11.8 Å². The quantitative estimate of drug-likeness (QED) is 0.123. The van der Waals surface area contributed by atoms with Gasteiger partial charge in [0.1, 0.15) is 17.2 Å². The van der Waals surface area contributed by atoms with Crippen LogP contribution in [0.1, 0.15) is 21.5 Å². The number of halogens is 3. The molecule has 45 heavy (non-hydrogen) atoms. The van der Waals surface area contributed by atoms with E-state index >= 15 is 0 Å². The maximum absolute atomic E-state index is 13.4. The number of carbonyl (C=O) groups excluding carboxylic acids is 3. The van der Waals surface area contributed by atoms with E-state index in [9.17, 15) is 27.6 Å². The van der Waals surface area contributed by atoms with Crippen LogP contribution in [0, 0.1) is 0 Å². The molecule has 0 spiro atoms. The number of thioether (sulfide) groups is 1. The van der Waals surface area contributed by atoms with Gasteiger partial charge in [0.05, 0.1) is 25.5 Å². The minimum atomic E-state index is -4.52. The lowest BCUT2D eigenvalue weighted by Crippen LogP contribution is -2.30. The summed E-state index contributed by atoms with van der Waals surface area (Å²) in [5.41, 5.74) is 0.391. The normalized spacial score (nSPS) is 11.4. The zero-order valence-corrected chi connectivity index (χ0v) is 24.9. The Labute approximate surface area is 261 Å². The van der Waals surface area contributed by atoms with Crippen LogP contribution in [0.15, 0.2) is 108 Å². The van der Waals surface area contributed by atoms with Crippen molar-refractivity contribution in [3.8, 4) is 11.5 Å². The zero-order chi connectivity index (χ0) is 32.4. The molecule has 232 valence electrons. The van der Waals surface area contributed by atoms with Crippen LogP contribution < -0.4 is 25.4 Å². The molecule has 0 saturated heterocycles. The summed E-state index contributed by atoms with van der Waals surface area (Å²) in [6.45, 7) is 0. The number of anilines is 2. The molecule has 0 aliphatic heterocycles. The van der Waals surface area contributed by atoms with Gasteiger partial charge >= 0.3 is 6.18 Å². The third-order valence-corrected chi connectivity index (χ3v) is 7.23. The molecule has 0 bridgehead atoms. The largest absolute Gasteiger partial charge is 0.497 e. The van der Waals surface area contributed by atoms with E-state index in [1.54, 1.807) is 72.8 Å². The highest BCUT2D eigenvalue weighted by atomic mass is 32.2. The summed E-state index contributed by atoms with van der Waals surface area (Å²) in [5.74, 6) is -0.656. The molecule has 0 saturated carbocycles. The van der Waals surface area contributed by atoms with Crippen LogP contribution in [0.3, 0.4) is 0 Å². The van der Waals surface area contributed by atoms with Crippen molar-refractivity contribution in [2.24, 2.45) is 0 Å². The second-order valence-electron chi connectivity index (χ2n) is 9.38. The first kappa shape index (κ1) is 32.7. The van der Waals surface area contributed by atoms with Crippen molar-refractivity contribution in [2.45, 2.75) is 11.1 Å². The van der Waals surface area contributed by atoms with Crippen LogP contribution in [0.4, 0.5) is 24.5 Å². The standard InChI is InChI=1S/C33H28F3N3O5S/c1-43-26-13-16-29(44-2)22(17-26)18-28(39-31(41)21-7-4-3-5-8-21)32(42)38-24-11-14-27(15-12-24)45-20-30(40)37-25-10-6-9-23(19-25)33(34,35)36/h3-19H,20H2,1-2H3,(H,37,40)(H,38,42)(H,39,41)/b28-18-. The molecule has 0 aliphatic rings. The number of methoxy groups -OCH3 is 2. The Morgan fingerprint density at radius 2 is 1.53 bits per heavy atom. The smallest absolute Gasteiger partial charge is 0.416 e. The van der Waals surface area contributed by atoms with Gasteiger partial charge in [-0.25, -0.2) is 0 Å². The SMILES string of the molecule is COc1ccc(OC)c(/C=C(\NC(=O)c2ccccc2)C(=O)Nc2ccc(SCC(=O)Nc3cccc(C(F)(F)F)c3)cc2)c1. The number of alkyl halides is 3. The summed E-state index contributed by atoms with van der Waals surface area (Å²) >= 11 is 1.17. The fraction of sp³-hybridized carbons (Fsp3) is 0.121. The average molecular weight is 636 g/mol. The molecule has 4 aromatic carbocycles. The maximum Gasteiger partial charge on any atom is 0.416 e. The van der Waals surface area contributed by atoms with E-state index in [2.05, 4.69) is 16.0 Å². The molecular weight excluding hydrogens is 607 g/mol. The van der Waals surface area contributed by atoms with Gasteiger partial charge in [-0.05, 0) is 78.9 Å². The summed E-state index contributed by atoms with van der Waals surface area (Å²) in [6.07, 6.45) is -3.04. The van der Waals surface area contributed by atoms with Gasteiger partial charge in [-0.1, -0.05) is 24.3 Å². The van der Waals surface area contributed by atoms with Crippen molar-refractivity contribution >= 4 is 46.9 Å². The molecule has 0 atom stereocenters. The van der Waals surface area contributed by atoms with Crippen LogP contribution in [0.5, 0.6) is 11.5 Å². The molecule has 3 amide bonds. The Morgan fingerprint density at radius 3 is 2.20 bits per heavy atom. The molecule has 4 aromatic rings. The highest BCUT2D eigenvalue weighted by molar-refractivity contribution is 8.00. The molecule has 3 N–H and O–H groups in total. The predicted molar refractivity (Wildman–Crippen MR) is 167 cm³/mol. The number of ether oxygens (including phenoxy) is 2. The maximum atomic E-state index is 13.4. The zero-order valence-electron chi connectivity index (χ0n) is 24.1. The van der Waals surface area contributed by atoms with E-state index in [0.29, 0.717) is 33.2 Å².